The number of anilines is 2. The van der Waals surface area contributed by atoms with E-state index in [1.807, 2.05) is 25.8 Å². The lowest BCUT2D eigenvalue weighted by atomic mass is 10.0. The van der Waals surface area contributed by atoms with Crippen molar-refractivity contribution >= 4 is 23.3 Å². The summed E-state index contributed by atoms with van der Waals surface area (Å²) in [5.74, 6) is 0.885. The molecular formula is C38H47F3N4O7. The van der Waals surface area contributed by atoms with E-state index in [0.717, 1.165) is 30.5 Å². The number of fused-ring (bicyclic) bond motifs is 2. The number of carbonyl (C=O) groups excluding carboxylic acids is 2. The highest BCUT2D eigenvalue weighted by atomic mass is 19.4. The first-order valence-electron chi connectivity index (χ1n) is 17.5. The quantitative estimate of drug-likeness (QED) is 0.227. The highest BCUT2D eigenvalue weighted by molar-refractivity contribution is 6.02. The lowest BCUT2D eigenvalue weighted by Gasteiger charge is -2.36. The molecule has 2 heterocycles. The summed E-state index contributed by atoms with van der Waals surface area (Å²) in [6.45, 7) is 7.06. The van der Waals surface area contributed by atoms with Crippen LogP contribution in [0.25, 0.3) is 0 Å². The number of urea groups is 1. The predicted molar refractivity (Wildman–Crippen MR) is 190 cm³/mol. The van der Waals surface area contributed by atoms with Crippen molar-refractivity contribution < 1.29 is 46.8 Å². The van der Waals surface area contributed by atoms with E-state index >= 15 is 0 Å². The lowest BCUT2D eigenvalue weighted by Crippen LogP contribution is -2.47. The summed E-state index contributed by atoms with van der Waals surface area (Å²) in [5, 5.41) is 15.8. The molecule has 0 fully saturated rings. The Kier molecular flexibility index (Phi) is 12.9. The number of rotatable bonds is 8. The molecule has 2 aliphatic heterocycles. The molecule has 0 unspecified atom stereocenters. The fourth-order valence-corrected chi connectivity index (χ4v) is 6.21. The van der Waals surface area contributed by atoms with Gasteiger partial charge in [-0.3, -0.25) is 9.69 Å². The first kappa shape index (κ1) is 38.7. The number of nitrogens with one attached hydrogen (secondary N) is 2. The van der Waals surface area contributed by atoms with Crippen molar-refractivity contribution in [2.24, 2.45) is 5.92 Å². The average molecular weight is 729 g/mol. The summed E-state index contributed by atoms with van der Waals surface area (Å²) < 4.78 is 62.7. The minimum atomic E-state index is -4.40. The minimum absolute atomic E-state index is 0.107. The maximum absolute atomic E-state index is 14.4. The third kappa shape index (κ3) is 10.3. The Hall–Kier alpha value is -4.53. The molecule has 3 amide bonds. The molecule has 0 saturated carbocycles. The van der Waals surface area contributed by atoms with E-state index < -0.39 is 23.8 Å². The number of benzene rings is 3. The Morgan fingerprint density at radius 1 is 0.981 bits per heavy atom. The van der Waals surface area contributed by atoms with Gasteiger partial charge in [-0.2, -0.15) is 13.2 Å². The molecule has 3 N–H and O–H groups in total. The number of aliphatic hydroxyl groups is 1. The zero-order valence-corrected chi connectivity index (χ0v) is 29.9. The summed E-state index contributed by atoms with van der Waals surface area (Å²) >= 11 is 0. The van der Waals surface area contributed by atoms with Crippen LogP contribution in [0.2, 0.25) is 0 Å². The molecule has 3 aromatic rings. The van der Waals surface area contributed by atoms with E-state index in [2.05, 4.69) is 10.6 Å². The molecule has 0 aliphatic carbocycles. The molecule has 5 rings (SSSR count). The fourth-order valence-electron chi connectivity index (χ4n) is 6.21. The summed E-state index contributed by atoms with van der Waals surface area (Å²) in [6, 6.07) is 14.0. The highest BCUT2D eigenvalue weighted by Gasteiger charge is 2.32. The van der Waals surface area contributed by atoms with E-state index in [1.165, 1.54) is 12.1 Å². The molecule has 4 atom stereocenters. The van der Waals surface area contributed by atoms with Crippen LogP contribution in [0, 0.1) is 5.92 Å². The number of halogens is 3. The summed E-state index contributed by atoms with van der Waals surface area (Å²) in [6.07, 6.45) is -2.65. The number of amides is 3. The smallest absolute Gasteiger partial charge is 0.416 e. The van der Waals surface area contributed by atoms with Gasteiger partial charge in [0.1, 0.15) is 5.75 Å². The molecule has 0 spiro atoms. The monoisotopic (exact) mass is 728 g/mol. The highest BCUT2D eigenvalue weighted by Crippen LogP contribution is 2.35. The number of hydrogen-bond donors (Lipinski definition) is 3. The SMILES string of the molecule is C[C@H]1CCCCO[C@H](CN(C)Cc2ccc(C(F)(F)F)cc2)[C@@H](C)CN([C@@H](C)CO)C(=O)c2cc(NC(=O)Nc3ccc4c(c3)OCO4)ccc2O1. The Bertz CT molecular complexity index is 1670. The molecule has 0 radical (unpaired) electrons. The van der Waals surface area contributed by atoms with Crippen LogP contribution in [0.3, 0.4) is 0 Å². The van der Waals surface area contributed by atoms with E-state index in [0.29, 0.717) is 54.7 Å². The summed E-state index contributed by atoms with van der Waals surface area (Å²) in [4.78, 5) is 31.0. The van der Waals surface area contributed by atoms with Crippen molar-refractivity contribution in [2.75, 3.05) is 50.8 Å². The molecule has 282 valence electrons. The average Bonchev–Trinajstić information content (AvgIpc) is 3.57. The van der Waals surface area contributed by atoms with E-state index in [-0.39, 0.29) is 49.5 Å². The largest absolute Gasteiger partial charge is 0.490 e. The number of alkyl halides is 3. The van der Waals surface area contributed by atoms with Gasteiger partial charge in [0.2, 0.25) is 6.79 Å². The maximum atomic E-state index is 14.4. The number of hydrogen-bond acceptors (Lipinski definition) is 8. The van der Waals surface area contributed by atoms with Crippen LogP contribution in [0.15, 0.2) is 60.7 Å². The van der Waals surface area contributed by atoms with Crippen LogP contribution in [0.4, 0.5) is 29.3 Å². The normalized spacial score (nSPS) is 20.4. The zero-order chi connectivity index (χ0) is 37.4. The van der Waals surface area contributed by atoms with Gasteiger partial charge in [0.15, 0.2) is 11.5 Å². The number of aliphatic hydroxyl groups excluding tert-OH is 1. The van der Waals surface area contributed by atoms with Gasteiger partial charge in [0.25, 0.3) is 5.91 Å². The second-order valence-electron chi connectivity index (χ2n) is 13.5. The number of ether oxygens (including phenoxy) is 4. The van der Waals surface area contributed by atoms with Crippen LogP contribution >= 0.6 is 0 Å². The molecule has 2 aliphatic rings. The standard InChI is InChI=1S/C38H47F3N4O7/c1-24-19-45(25(2)22-46)36(47)31-17-29(42-37(48)43-30-13-15-33-34(18-30)51-23-50-33)12-14-32(31)52-26(3)7-5-6-16-49-35(24)21-44(4)20-27-8-10-28(11-9-27)38(39,40)41/h8-15,17-18,24-26,35,46H,5-7,16,19-23H2,1-4H3,(H2,42,43,48)/t24-,25-,26-,35+/m0/s1. The number of nitrogens with zero attached hydrogens (tertiary/aromatic N) is 2. The second-order valence-corrected chi connectivity index (χ2v) is 13.5. The van der Waals surface area contributed by atoms with E-state index in [1.54, 1.807) is 48.2 Å². The first-order chi connectivity index (χ1) is 24.8. The molecule has 11 nitrogen and oxygen atoms in total. The van der Waals surface area contributed by atoms with E-state index in [4.69, 9.17) is 18.9 Å². The van der Waals surface area contributed by atoms with Crippen LogP contribution in [-0.4, -0.2) is 85.2 Å². The molecule has 3 aromatic carbocycles. The second kappa shape index (κ2) is 17.3. The Morgan fingerprint density at radius 3 is 2.35 bits per heavy atom. The van der Waals surface area contributed by atoms with Crippen molar-refractivity contribution in [1.82, 2.24) is 9.80 Å². The van der Waals surface area contributed by atoms with Crippen LogP contribution < -0.4 is 24.8 Å². The van der Waals surface area contributed by atoms with Gasteiger partial charge >= 0.3 is 12.2 Å². The van der Waals surface area contributed by atoms with Crippen LogP contribution in [-0.2, 0) is 17.5 Å². The summed E-state index contributed by atoms with van der Waals surface area (Å²) in [7, 11) is 1.88. The predicted octanol–water partition coefficient (Wildman–Crippen LogP) is 7.01. The number of likely N-dealkylation sites (N-methyl/N-ethyl adjacent to an activating group) is 1. The lowest BCUT2D eigenvalue weighted by molar-refractivity contribution is -0.137. The number of carbonyl (C=O) groups is 2. The summed E-state index contributed by atoms with van der Waals surface area (Å²) in [5.41, 5.74) is 1.12. The topological polar surface area (TPSA) is 122 Å². The Balaban J connectivity index is 1.34. The third-order valence-electron chi connectivity index (χ3n) is 9.17. The molecule has 52 heavy (non-hydrogen) atoms. The Labute approximate surface area is 302 Å². The zero-order valence-electron chi connectivity index (χ0n) is 29.9. The van der Waals surface area contributed by atoms with Gasteiger partial charge in [-0.1, -0.05) is 19.1 Å². The maximum Gasteiger partial charge on any atom is 0.416 e. The Morgan fingerprint density at radius 2 is 1.65 bits per heavy atom. The third-order valence-corrected chi connectivity index (χ3v) is 9.17. The molecule has 0 saturated heterocycles. The van der Waals surface area contributed by atoms with Crippen molar-refractivity contribution in [3.63, 3.8) is 0 Å². The molecular weight excluding hydrogens is 681 g/mol. The van der Waals surface area contributed by atoms with Crippen molar-refractivity contribution in [3.05, 3.63) is 77.4 Å². The van der Waals surface area contributed by atoms with Crippen molar-refractivity contribution in [2.45, 2.75) is 71.0 Å². The van der Waals surface area contributed by atoms with Crippen LogP contribution in [0.1, 0.15) is 61.5 Å². The van der Waals surface area contributed by atoms with Crippen molar-refractivity contribution in [1.29, 1.82) is 0 Å². The van der Waals surface area contributed by atoms with Gasteiger partial charge in [-0.05, 0) is 88.2 Å². The van der Waals surface area contributed by atoms with Gasteiger partial charge in [0, 0.05) is 49.6 Å². The molecule has 14 heteroatoms. The van der Waals surface area contributed by atoms with Gasteiger partial charge in [-0.25, -0.2) is 4.79 Å². The van der Waals surface area contributed by atoms with Gasteiger partial charge < -0.3 is 39.6 Å². The minimum Gasteiger partial charge on any atom is -0.490 e. The van der Waals surface area contributed by atoms with Gasteiger partial charge in [0.05, 0.1) is 36.0 Å². The van der Waals surface area contributed by atoms with Crippen molar-refractivity contribution in [3.8, 4) is 17.2 Å². The molecule has 0 bridgehead atoms. The first-order valence-corrected chi connectivity index (χ1v) is 17.5. The fraction of sp³-hybridized carbons (Fsp3) is 0.474. The van der Waals surface area contributed by atoms with Gasteiger partial charge in [-0.15, -0.1) is 0 Å². The van der Waals surface area contributed by atoms with E-state index in [9.17, 15) is 27.9 Å². The molecule has 0 aromatic heterocycles. The van der Waals surface area contributed by atoms with Crippen LogP contribution in [0.5, 0.6) is 17.2 Å².